The number of rotatable bonds is 2. The Morgan fingerprint density at radius 2 is 2.05 bits per heavy atom. The number of fused-ring (bicyclic) bond motifs is 1. The van der Waals surface area contributed by atoms with Crippen LogP contribution < -0.4 is 5.69 Å². The maximum absolute atomic E-state index is 12.9. The summed E-state index contributed by atoms with van der Waals surface area (Å²) in [4.78, 5) is 18.7. The number of aromatic nitrogens is 4. The van der Waals surface area contributed by atoms with Crippen molar-refractivity contribution >= 4 is 17.4 Å². The fourth-order valence-electron chi connectivity index (χ4n) is 1.74. The molecule has 0 saturated carbocycles. The second-order valence-corrected chi connectivity index (χ2v) is 4.65. The molecule has 0 bridgehead atoms. The van der Waals surface area contributed by atoms with Crippen molar-refractivity contribution in [2.45, 2.75) is 5.16 Å². The third-order valence-corrected chi connectivity index (χ3v) is 3.23. The number of hydrogen-bond donors (Lipinski definition) is 1. The lowest BCUT2D eigenvalue weighted by atomic mass is 10.1. The Morgan fingerprint density at radius 1 is 1.32 bits per heavy atom. The molecular formula is C12H9FN4OS. The Bertz CT molecular complexity index is 794. The standard InChI is InChI=1S/C12H9FN4OS/c1-19-11-14-10-6-9(16-17(10)12(18)15-11)7-2-4-8(13)5-3-7/h2-6H,1H3,(H,14,15,18). The van der Waals surface area contributed by atoms with Gasteiger partial charge in [-0.25, -0.2) is 14.2 Å². The molecule has 2 aromatic heterocycles. The Labute approximate surface area is 111 Å². The molecule has 2 heterocycles. The van der Waals surface area contributed by atoms with Gasteiger partial charge >= 0.3 is 5.69 Å². The van der Waals surface area contributed by atoms with E-state index in [1.54, 1.807) is 18.2 Å². The highest BCUT2D eigenvalue weighted by Crippen LogP contribution is 2.19. The van der Waals surface area contributed by atoms with Crippen molar-refractivity contribution in [2.75, 3.05) is 6.26 Å². The summed E-state index contributed by atoms with van der Waals surface area (Å²) in [6.45, 7) is 0. The van der Waals surface area contributed by atoms with E-state index in [1.165, 1.54) is 28.4 Å². The Balaban J connectivity index is 2.18. The smallest absolute Gasteiger partial charge is 0.285 e. The average molecular weight is 276 g/mol. The van der Waals surface area contributed by atoms with E-state index in [4.69, 9.17) is 0 Å². The number of benzene rings is 1. The van der Waals surface area contributed by atoms with Crippen molar-refractivity contribution in [3.8, 4) is 11.3 Å². The molecule has 1 aromatic carbocycles. The minimum Gasteiger partial charge on any atom is -0.285 e. The third kappa shape index (κ3) is 2.12. The summed E-state index contributed by atoms with van der Waals surface area (Å²) in [5, 5.41) is 4.70. The summed E-state index contributed by atoms with van der Waals surface area (Å²) < 4.78 is 14.1. The largest absolute Gasteiger partial charge is 0.350 e. The summed E-state index contributed by atoms with van der Waals surface area (Å²) >= 11 is 1.35. The van der Waals surface area contributed by atoms with Crippen molar-refractivity contribution in [3.05, 3.63) is 46.6 Å². The van der Waals surface area contributed by atoms with Crippen LogP contribution in [-0.2, 0) is 0 Å². The average Bonchev–Trinajstić information content (AvgIpc) is 2.84. The molecule has 0 amide bonds. The van der Waals surface area contributed by atoms with Crippen LogP contribution >= 0.6 is 11.8 Å². The molecule has 0 spiro atoms. The Morgan fingerprint density at radius 3 is 2.74 bits per heavy atom. The van der Waals surface area contributed by atoms with E-state index in [-0.39, 0.29) is 11.5 Å². The molecule has 0 atom stereocenters. The molecule has 96 valence electrons. The quantitative estimate of drug-likeness (QED) is 0.727. The SMILES string of the molecule is CSc1nc2cc(-c3ccc(F)cc3)nn2c(=O)[nH]1. The number of hydrogen-bond acceptors (Lipinski definition) is 4. The maximum atomic E-state index is 12.9. The maximum Gasteiger partial charge on any atom is 0.350 e. The van der Waals surface area contributed by atoms with Crippen LogP contribution in [0.15, 0.2) is 40.3 Å². The minimum atomic E-state index is -0.345. The highest BCUT2D eigenvalue weighted by atomic mass is 32.2. The minimum absolute atomic E-state index is 0.312. The fourth-order valence-corrected chi connectivity index (χ4v) is 2.11. The van der Waals surface area contributed by atoms with Gasteiger partial charge in [-0.3, -0.25) is 4.98 Å². The molecule has 0 fully saturated rings. The summed E-state index contributed by atoms with van der Waals surface area (Å²) in [5.41, 5.74) is 1.43. The van der Waals surface area contributed by atoms with Gasteiger partial charge in [0.05, 0.1) is 5.69 Å². The first kappa shape index (κ1) is 11.9. The zero-order valence-electron chi connectivity index (χ0n) is 9.92. The van der Waals surface area contributed by atoms with Gasteiger partial charge in [0.15, 0.2) is 10.8 Å². The van der Waals surface area contributed by atoms with Gasteiger partial charge in [-0.1, -0.05) is 11.8 Å². The van der Waals surface area contributed by atoms with Gasteiger partial charge in [-0.15, -0.1) is 0 Å². The normalized spacial score (nSPS) is 11.1. The van der Waals surface area contributed by atoms with Crippen molar-refractivity contribution in [2.24, 2.45) is 0 Å². The molecule has 0 aliphatic heterocycles. The predicted octanol–water partition coefficient (Wildman–Crippen LogP) is 1.95. The van der Waals surface area contributed by atoms with Crippen LogP contribution in [0, 0.1) is 5.82 Å². The summed E-state index contributed by atoms with van der Waals surface area (Å²) in [5.74, 6) is -0.312. The van der Waals surface area contributed by atoms with Gasteiger partial charge in [0, 0.05) is 11.6 Å². The molecule has 0 aliphatic carbocycles. The molecule has 7 heteroatoms. The second kappa shape index (κ2) is 4.51. The van der Waals surface area contributed by atoms with E-state index >= 15 is 0 Å². The number of nitrogens with one attached hydrogen (secondary N) is 1. The second-order valence-electron chi connectivity index (χ2n) is 3.86. The van der Waals surface area contributed by atoms with Gasteiger partial charge in [0.2, 0.25) is 0 Å². The molecule has 0 radical (unpaired) electrons. The van der Waals surface area contributed by atoms with E-state index < -0.39 is 0 Å². The van der Waals surface area contributed by atoms with Crippen LogP contribution in [0.1, 0.15) is 0 Å². The lowest BCUT2D eigenvalue weighted by Gasteiger charge is -1.95. The van der Waals surface area contributed by atoms with Crippen molar-refractivity contribution < 1.29 is 4.39 Å². The molecule has 3 aromatic rings. The Hall–Kier alpha value is -2.15. The van der Waals surface area contributed by atoms with E-state index in [0.717, 1.165) is 5.56 Å². The third-order valence-electron chi connectivity index (χ3n) is 2.65. The van der Waals surface area contributed by atoms with Gasteiger partial charge in [0.25, 0.3) is 0 Å². The van der Waals surface area contributed by atoms with Crippen molar-refractivity contribution in [1.82, 2.24) is 19.6 Å². The lowest BCUT2D eigenvalue weighted by molar-refractivity contribution is 0.628. The monoisotopic (exact) mass is 276 g/mol. The fraction of sp³-hybridized carbons (Fsp3) is 0.0833. The number of nitrogens with zero attached hydrogens (tertiary/aromatic N) is 3. The number of H-pyrrole nitrogens is 1. The predicted molar refractivity (Wildman–Crippen MR) is 70.8 cm³/mol. The highest BCUT2D eigenvalue weighted by Gasteiger charge is 2.09. The molecule has 19 heavy (non-hydrogen) atoms. The van der Waals surface area contributed by atoms with Crippen molar-refractivity contribution in [3.63, 3.8) is 0 Å². The topological polar surface area (TPSA) is 63.1 Å². The molecule has 1 N–H and O–H groups in total. The van der Waals surface area contributed by atoms with Crippen LogP contribution in [0.4, 0.5) is 4.39 Å². The van der Waals surface area contributed by atoms with E-state index in [0.29, 0.717) is 16.5 Å². The first-order valence-corrected chi connectivity index (χ1v) is 6.70. The molecule has 0 unspecified atom stereocenters. The first-order chi connectivity index (χ1) is 9.17. The zero-order valence-corrected chi connectivity index (χ0v) is 10.7. The van der Waals surface area contributed by atoms with Crippen LogP contribution in [0.5, 0.6) is 0 Å². The number of aromatic amines is 1. The van der Waals surface area contributed by atoms with E-state index in [9.17, 15) is 9.18 Å². The lowest BCUT2D eigenvalue weighted by Crippen LogP contribution is -2.19. The summed E-state index contributed by atoms with van der Waals surface area (Å²) in [6, 6.07) is 7.62. The summed E-state index contributed by atoms with van der Waals surface area (Å²) in [6.07, 6.45) is 1.83. The van der Waals surface area contributed by atoms with Crippen LogP contribution in [0.2, 0.25) is 0 Å². The van der Waals surface area contributed by atoms with E-state index in [1.807, 2.05) is 6.26 Å². The van der Waals surface area contributed by atoms with Gasteiger partial charge in [-0.05, 0) is 30.5 Å². The number of thioether (sulfide) groups is 1. The molecule has 0 aliphatic rings. The van der Waals surface area contributed by atoms with Gasteiger partial charge in [0.1, 0.15) is 5.82 Å². The van der Waals surface area contributed by atoms with Gasteiger partial charge < -0.3 is 0 Å². The van der Waals surface area contributed by atoms with Crippen molar-refractivity contribution in [1.29, 1.82) is 0 Å². The van der Waals surface area contributed by atoms with E-state index in [2.05, 4.69) is 15.1 Å². The molecular weight excluding hydrogens is 267 g/mol. The highest BCUT2D eigenvalue weighted by molar-refractivity contribution is 7.98. The first-order valence-electron chi connectivity index (χ1n) is 5.47. The van der Waals surface area contributed by atoms with Gasteiger partial charge in [-0.2, -0.15) is 9.61 Å². The van der Waals surface area contributed by atoms with Crippen LogP contribution in [-0.4, -0.2) is 25.8 Å². The van der Waals surface area contributed by atoms with Crippen LogP contribution in [0.25, 0.3) is 16.9 Å². The zero-order chi connectivity index (χ0) is 13.4. The number of halogens is 1. The molecule has 3 rings (SSSR count). The van der Waals surface area contributed by atoms with Crippen LogP contribution in [0.3, 0.4) is 0 Å². The molecule has 0 saturated heterocycles. The Kier molecular flexibility index (Phi) is 2.83. The summed E-state index contributed by atoms with van der Waals surface area (Å²) in [7, 11) is 0. The molecule has 5 nitrogen and oxygen atoms in total.